The van der Waals surface area contributed by atoms with Gasteiger partial charge in [0.1, 0.15) is 5.82 Å². The summed E-state index contributed by atoms with van der Waals surface area (Å²) in [5, 5.41) is 3.45. The topological polar surface area (TPSA) is 12.0 Å². The predicted molar refractivity (Wildman–Crippen MR) is 82.0 cm³/mol. The number of hydrogen-bond acceptors (Lipinski definition) is 1. The molecule has 0 saturated heterocycles. The van der Waals surface area contributed by atoms with E-state index in [1.807, 2.05) is 6.07 Å². The van der Waals surface area contributed by atoms with Gasteiger partial charge in [-0.05, 0) is 45.8 Å². The number of alkyl halides is 1. The van der Waals surface area contributed by atoms with E-state index in [-0.39, 0.29) is 11.2 Å². The fraction of sp³-hybridized carbons (Fsp3) is 0.600. The van der Waals surface area contributed by atoms with Crippen molar-refractivity contribution in [2.24, 2.45) is 5.41 Å². The third-order valence-corrected chi connectivity index (χ3v) is 5.50. The van der Waals surface area contributed by atoms with Crippen molar-refractivity contribution < 1.29 is 4.39 Å². The molecular weight excluding hydrogens is 329 g/mol. The average molecular weight is 349 g/mol. The van der Waals surface area contributed by atoms with E-state index in [4.69, 9.17) is 11.6 Å². The van der Waals surface area contributed by atoms with Crippen LogP contribution in [0.3, 0.4) is 0 Å². The van der Waals surface area contributed by atoms with Crippen LogP contribution in [0, 0.1) is 11.2 Å². The molecule has 1 aromatic rings. The Morgan fingerprint density at radius 1 is 1.26 bits per heavy atom. The van der Waals surface area contributed by atoms with Crippen molar-refractivity contribution in [2.45, 2.75) is 38.6 Å². The minimum absolute atomic E-state index is 0.205. The van der Waals surface area contributed by atoms with Crippen molar-refractivity contribution in [3.63, 3.8) is 0 Å². The molecule has 0 amide bonds. The molecule has 1 saturated carbocycles. The number of benzene rings is 1. The lowest BCUT2D eigenvalue weighted by atomic mass is 9.75. The summed E-state index contributed by atoms with van der Waals surface area (Å²) in [5.41, 5.74) is 1.19. The number of nitrogens with one attached hydrogen (secondary N) is 1. The van der Waals surface area contributed by atoms with Crippen molar-refractivity contribution in [3.8, 4) is 0 Å². The van der Waals surface area contributed by atoms with E-state index < -0.39 is 0 Å². The van der Waals surface area contributed by atoms with Crippen LogP contribution >= 0.6 is 27.5 Å². The van der Waals surface area contributed by atoms with Gasteiger partial charge >= 0.3 is 0 Å². The van der Waals surface area contributed by atoms with Gasteiger partial charge in [0.05, 0.1) is 4.47 Å². The van der Waals surface area contributed by atoms with Crippen LogP contribution in [0.1, 0.15) is 37.7 Å². The third kappa shape index (κ3) is 3.93. The van der Waals surface area contributed by atoms with Gasteiger partial charge in [-0.3, -0.25) is 0 Å². The van der Waals surface area contributed by atoms with Gasteiger partial charge in [0.25, 0.3) is 0 Å². The van der Waals surface area contributed by atoms with Gasteiger partial charge < -0.3 is 5.32 Å². The molecule has 0 heterocycles. The minimum Gasteiger partial charge on any atom is -0.312 e. The monoisotopic (exact) mass is 347 g/mol. The first-order valence-corrected chi connectivity index (χ1v) is 8.19. The molecule has 19 heavy (non-hydrogen) atoms. The molecule has 0 aliphatic heterocycles. The summed E-state index contributed by atoms with van der Waals surface area (Å²) in [7, 11) is 0. The summed E-state index contributed by atoms with van der Waals surface area (Å²) in [6.07, 6.45) is 6.28. The third-order valence-electron chi connectivity index (χ3n) is 4.04. The van der Waals surface area contributed by atoms with Crippen molar-refractivity contribution in [2.75, 3.05) is 12.4 Å². The highest BCUT2D eigenvalue weighted by Gasteiger charge is 2.30. The molecule has 0 radical (unpaired) electrons. The molecule has 0 unspecified atom stereocenters. The minimum atomic E-state index is -0.205. The smallest absolute Gasteiger partial charge is 0.137 e. The zero-order valence-corrected chi connectivity index (χ0v) is 13.4. The van der Waals surface area contributed by atoms with E-state index >= 15 is 0 Å². The van der Waals surface area contributed by atoms with Crippen molar-refractivity contribution >= 4 is 27.5 Å². The predicted octanol–water partition coefficient (Wildman–Crippen LogP) is 4.87. The molecule has 1 N–H and O–H groups in total. The van der Waals surface area contributed by atoms with E-state index in [9.17, 15) is 4.39 Å². The normalized spacial score (nSPS) is 18.5. The van der Waals surface area contributed by atoms with Crippen LogP contribution in [-0.4, -0.2) is 12.4 Å². The zero-order chi connectivity index (χ0) is 13.7. The van der Waals surface area contributed by atoms with Crippen LogP contribution in [0.25, 0.3) is 0 Å². The fourth-order valence-corrected chi connectivity index (χ4v) is 3.57. The molecule has 4 heteroatoms. The Labute approximate surface area is 128 Å². The molecule has 1 aliphatic rings. The van der Waals surface area contributed by atoms with Crippen molar-refractivity contribution in [1.29, 1.82) is 0 Å². The van der Waals surface area contributed by atoms with Gasteiger partial charge in [-0.25, -0.2) is 4.39 Å². The lowest BCUT2D eigenvalue weighted by Gasteiger charge is -2.35. The molecule has 1 aliphatic carbocycles. The van der Waals surface area contributed by atoms with Crippen LogP contribution in [0.5, 0.6) is 0 Å². The van der Waals surface area contributed by atoms with Gasteiger partial charge in [-0.15, -0.1) is 11.6 Å². The Morgan fingerprint density at radius 3 is 2.68 bits per heavy atom. The first-order valence-electron chi connectivity index (χ1n) is 6.86. The van der Waals surface area contributed by atoms with E-state index in [0.717, 1.165) is 12.1 Å². The van der Waals surface area contributed by atoms with E-state index in [1.54, 1.807) is 6.07 Å². The standard InChI is InChI=1S/C15H20BrClFN/c16-14-12(5-4-6-13(14)18)9-19-11-15(10-17)7-2-1-3-8-15/h4-6,19H,1-3,7-11H2. The first-order chi connectivity index (χ1) is 9.17. The van der Waals surface area contributed by atoms with E-state index in [0.29, 0.717) is 16.9 Å². The Balaban J connectivity index is 1.90. The summed E-state index contributed by atoms with van der Waals surface area (Å²) in [6.45, 7) is 1.59. The Kier molecular flexibility index (Phi) is 5.67. The highest BCUT2D eigenvalue weighted by molar-refractivity contribution is 9.10. The molecule has 2 rings (SSSR count). The second-order valence-electron chi connectivity index (χ2n) is 5.51. The van der Waals surface area contributed by atoms with Gasteiger partial charge in [-0.2, -0.15) is 0 Å². The number of hydrogen-bond donors (Lipinski definition) is 1. The fourth-order valence-electron chi connectivity index (χ4n) is 2.81. The van der Waals surface area contributed by atoms with E-state index in [1.165, 1.54) is 38.2 Å². The van der Waals surface area contributed by atoms with Gasteiger partial charge in [0.15, 0.2) is 0 Å². The molecule has 0 bridgehead atoms. The average Bonchev–Trinajstić information content (AvgIpc) is 2.44. The first kappa shape index (κ1) is 15.3. The SMILES string of the molecule is Fc1cccc(CNCC2(CCl)CCCCC2)c1Br. The second kappa shape index (κ2) is 7.05. The van der Waals surface area contributed by atoms with Gasteiger partial charge in [0, 0.05) is 19.0 Å². The molecular formula is C15H20BrClFN. The maximum atomic E-state index is 13.4. The molecule has 1 aromatic carbocycles. The second-order valence-corrected chi connectivity index (χ2v) is 6.57. The van der Waals surface area contributed by atoms with Crippen molar-refractivity contribution in [1.82, 2.24) is 5.32 Å². The summed E-state index contributed by atoms with van der Waals surface area (Å²) >= 11 is 9.46. The largest absolute Gasteiger partial charge is 0.312 e. The van der Waals surface area contributed by atoms with Crippen LogP contribution < -0.4 is 5.32 Å². The summed E-state index contributed by atoms with van der Waals surface area (Å²) in [5.74, 6) is 0.508. The maximum Gasteiger partial charge on any atom is 0.137 e. The van der Waals surface area contributed by atoms with Crippen LogP contribution in [0.4, 0.5) is 4.39 Å². The van der Waals surface area contributed by atoms with Crippen LogP contribution in [0.2, 0.25) is 0 Å². The summed E-state index contributed by atoms with van der Waals surface area (Å²) in [4.78, 5) is 0. The molecule has 1 nitrogen and oxygen atoms in total. The summed E-state index contributed by atoms with van der Waals surface area (Å²) < 4.78 is 14.0. The molecule has 0 aromatic heterocycles. The Hall–Kier alpha value is -0.120. The Bertz CT molecular complexity index is 419. The molecule has 1 fully saturated rings. The molecule has 0 atom stereocenters. The lowest BCUT2D eigenvalue weighted by Crippen LogP contribution is -2.37. The zero-order valence-electron chi connectivity index (χ0n) is 11.0. The quantitative estimate of drug-likeness (QED) is 0.749. The lowest BCUT2D eigenvalue weighted by molar-refractivity contribution is 0.212. The number of rotatable bonds is 5. The van der Waals surface area contributed by atoms with Crippen LogP contribution in [-0.2, 0) is 6.54 Å². The van der Waals surface area contributed by atoms with Gasteiger partial charge in [-0.1, -0.05) is 31.4 Å². The highest BCUT2D eigenvalue weighted by atomic mass is 79.9. The van der Waals surface area contributed by atoms with E-state index in [2.05, 4.69) is 21.2 Å². The Morgan fingerprint density at radius 2 is 2.00 bits per heavy atom. The maximum absolute atomic E-state index is 13.4. The van der Waals surface area contributed by atoms with Crippen LogP contribution in [0.15, 0.2) is 22.7 Å². The van der Waals surface area contributed by atoms with Gasteiger partial charge in [0.2, 0.25) is 0 Å². The number of halogens is 3. The molecule has 106 valence electrons. The molecule has 0 spiro atoms. The van der Waals surface area contributed by atoms with Crippen molar-refractivity contribution in [3.05, 3.63) is 34.1 Å². The highest BCUT2D eigenvalue weighted by Crippen LogP contribution is 2.36. The summed E-state index contributed by atoms with van der Waals surface area (Å²) in [6, 6.07) is 5.15.